The minimum absolute atomic E-state index is 0.0761. The van der Waals surface area contributed by atoms with E-state index >= 15 is 0 Å². The van der Waals surface area contributed by atoms with E-state index in [1.807, 2.05) is 6.07 Å². The van der Waals surface area contributed by atoms with Gasteiger partial charge >= 0.3 is 0 Å². The Balaban J connectivity index is 1.69. The Morgan fingerprint density at radius 3 is 2.72 bits per heavy atom. The van der Waals surface area contributed by atoms with Crippen molar-refractivity contribution in [1.29, 1.82) is 0 Å². The highest BCUT2D eigenvalue weighted by atomic mass is 16.2. The van der Waals surface area contributed by atoms with Crippen molar-refractivity contribution in [3.63, 3.8) is 0 Å². The Morgan fingerprint density at radius 1 is 1.28 bits per heavy atom. The normalized spacial score (nSPS) is 17.6. The van der Waals surface area contributed by atoms with E-state index in [0.717, 1.165) is 37.5 Å². The second-order valence-corrected chi connectivity index (χ2v) is 8.05. The summed E-state index contributed by atoms with van der Waals surface area (Å²) in [6.45, 7) is 0.440. The molecule has 32 heavy (non-hydrogen) atoms. The minimum Gasteiger partial charge on any atom is -0.398 e. The van der Waals surface area contributed by atoms with Crippen LogP contribution in [0.25, 0.3) is 5.70 Å². The first-order valence-electron chi connectivity index (χ1n) is 10.7. The number of likely N-dealkylation sites (N-methyl/N-ethyl adjacent to an activating group) is 1. The molecule has 0 bridgehead atoms. The predicted octanol–water partition coefficient (Wildman–Crippen LogP) is 0.857. The highest BCUT2D eigenvalue weighted by Gasteiger charge is 2.35. The Bertz CT molecular complexity index is 950. The molecule has 0 aromatic carbocycles. The molecular weight excluding hydrogens is 408 g/mol. The summed E-state index contributed by atoms with van der Waals surface area (Å²) in [6, 6.07) is 3.79. The lowest BCUT2D eigenvalue weighted by atomic mass is 10.1. The molecule has 1 aromatic rings. The predicted molar refractivity (Wildman–Crippen MR) is 121 cm³/mol. The van der Waals surface area contributed by atoms with Gasteiger partial charge in [-0.2, -0.15) is 0 Å². The van der Waals surface area contributed by atoms with E-state index in [2.05, 4.69) is 10.3 Å². The molecule has 0 atom stereocenters. The maximum atomic E-state index is 13.1. The summed E-state index contributed by atoms with van der Waals surface area (Å²) in [6.07, 6.45) is 11.1. The maximum absolute atomic E-state index is 13.1. The number of pyridine rings is 1. The van der Waals surface area contributed by atoms with Gasteiger partial charge in [-0.25, -0.2) is 0 Å². The van der Waals surface area contributed by atoms with Gasteiger partial charge in [-0.1, -0.05) is 0 Å². The van der Waals surface area contributed by atoms with Gasteiger partial charge in [0.25, 0.3) is 5.91 Å². The van der Waals surface area contributed by atoms with Crippen LogP contribution in [-0.4, -0.2) is 59.1 Å². The number of hydrogen-bond donors (Lipinski definition) is 3. The Labute approximate surface area is 187 Å². The molecule has 0 spiro atoms. The Hall–Kier alpha value is -3.62. The molecule has 9 heteroatoms. The minimum atomic E-state index is -0.376. The quantitative estimate of drug-likeness (QED) is 0.405. The zero-order valence-electron chi connectivity index (χ0n) is 18.3. The fraction of sp³-hybridized carbons (Fsp3) is 0.391. The van der Waals surface area contributed by atoms with Crippen LogP contribution in [0, 0.1) is 0 Å². The van der Waals surface area contributed by atoms with Crippen molar-refractivity contribution in [3.05, 3.63) is 59.3 Å². The van der Waals surface area contributed by atoms with Crippen molar-refractivity contribution >= 4 is 23.8 Å². The van der Waals surface area contributed by atoms with Crippen LogP contribution in [-0.2, 0) is 14.4 Å². The number of aromatic nitrogens is 1. The van der Waals surface area contributed by atoms with Crippen molar-refractivity contribution < 1.29 is 14.4 Å². The van der Waals surface area contributed by atoms with Crippen LogP contribution in [0.15, 0.2) is 53.8 Å². The van der Waals surface area contributed by atoms with Gasteiger partial charge in [-0.3, -0.25) is 19.4 Å². The summed E-state index contributed by atoms with van der Waals surface area (Å²) in [5, 5.41) is 2.62. The van der Waals surface area contributed by atoms with Gasteiger partial charge in [-0.15, -0.1) is 0 Å². The number of hydrogen-bond acceptors (Lipinski definition) is 7. The Morgan fingerprint density at radius 2 is 2.06 bits per heavy atom. The van der Waals surface area contributed by atoms with Crippen molar-refractivity contribution in [2.45, 2.75) is 38.1 Å². The van der Waals surface area contributed by atoms with E-state index in [9.17, 15) is 14.4 Å². The molecule has 3 rings (SSSR count). The number of carbonyl (C=O) groups is 3. The SMILES string of the molecule is CN(C(=O)C1=C(C=O)CCCCN1CC(=O)N/C(N)=C/C=C(\N)c1cccnc1)C1CC1. The van der Waals surface area contributed by atoms with E-state index in [0.29, 0.717) is 29.9 Å². The topological polar surface area (TPSA) is 135 Å². The molecule has 5 N–H and O–H groups in total. The number of nitrogens with one attached hydrogen (secondary N) is 1. The van der Waals surface area contributed by atoms with Crippen LogP contribution >= 0.6 is 0 Å². The van der Waals surface area contributed by atoms with Crippen LogP contribution < -0.4 is 16.8 Å². The Kier molecular flexibility index (Phi) is 7.64. The molecule has 0 unspecified atom stereocenters. The molecule has 2 amide bonds. The van der Waals surface area contributed by atoms with Crippen molar-refractivity contribution in [1.82, 2.24) is 20.1 Å². The lowest BCUT2D eigenvalue weighted by Crippen LogP contribution is -2.43. The number of nitrogens with zero attached hydrogens (tertiary/aromatic N) is 3. The van der Waals surface area contributed by atoms with Gasteiger partial charge in [0.1, 0.15) is 17.8 Å². The molecule has 2 heterocycles. The fourth-order valence-electron chi connectivity index (χ4n) is 3.62. The first kappa shape index (κ1) is 23.1. The van der Waals surface area contributed by atoms with Gasteiger partial charge in [0.05, 0.1) is 6.54 Å². The maximum Gasteiger partial charge on any atom is 0.270 e. The standard InChI is InChI=1S/C23H30N6O3/c1-28(18-7-8-18)23(32)22-17(15-30)5-2-3-12-29(22)14-21(31)27-20(25)10-9-19(24)16-6-4-11-26-13-16/h4,6,9-11,13,15,18H,2-3,5,7-8,12,14,24-25H2,1H3,(H,27,31)/b19-9-,20-10+. The third kappa shape index (κ3) is 5.96. The number of aldehydes is 1. The van der Waals surface area contributed by atoms with E-state index in [1.54, 1.807) is 41.4 Å². The highest BCUT2D eigenvalue weighted by Crippen LogP contribution is 2.29. The largest absolute Gasteiger partial charge is 0.398 e. The summed E-state index contributed by atoms with van der Waals surface area (Å²) >= 11 is 0. The van der Waals surface area contributed by atoms with Gasteiger partial charge in [-0.05, 0) is 56.4 Å². The summed E-state index contributed by atoms with van der Waals surface area (Å²) in [5.41, 5.74) is 13.9. The third-order valence-corrected chi connectivity index (χ3v) is 5.56. The number of nitrogens with two attached hydrogens (primary N) is 2. The summed E-state index contributed by atoms with van der Waals surface area (Å²) in [7, 11) is 1.75. The van der Waals surface area contributed by atoms with Gasteiger partial charge in [0, 0.05) is 48.9 Å². The lowest BCUT2D eigenvalue weighted by molar-refractivity contribution is -0.129. The first-order chi connectivity index (χ1) is 15.4. The molecule has 1 aliphatic heterocycles. The van der Waals surface area contributed by atoms with Crippen LogP contribution in [0.3, 0.4) is 0 Å². The molecule has 0 radical (unpaired) electrons. The third-order valence-electron chi connectivity index (χ3n) is 5.56. The fourth-order valence-corrected chi connectivity index (χ4v) is 3.62. The molecule has 2 aliphatic rings. The van der Waals surface area contributed by atoms with Crippen LogP contribution in [0.5, 0.6) is 0 Å². The van der Waals surface area contributed by atoms with Gasteiger partial charge in [0.15, 0.2) is 0 Å². The second-order valence-electron chi connectivity index (χ2n) is 8.05. The molecule has 0 saturated heterocycles. The smallest absolute Gasteiger partial charge is 0.270 e. The first-order valence-corrected chi connectivity index (χ1v) is 10.7. The molecule has 1 fully saturated rings. The molecule has 1 saturated carbocycles. The zero-order chi connectivity index (χ0) is 23.1. The second kappa shape index (κ2) is 10.6. The molecule has 1 aromatic heterocycles. The van der Waals surface area contributed by atoms with Crippen molar-refractivity contribution in [2.75, 3.05) is 20.1 Å². The van der Waals surface area contributed by atoms with Gasteiger partial charge < -0.3 is 26.6 Å². The van der Waals surface area contributed by atoms with Crippen molar-refractivity contribution in [3.8, 4) is 0 Å². The lowest BCUT2D eigenvalue weighted by Gasteiger charge is -2.29. The van der Waals surface area contributed by atoms with Gasteiger partial charge in [0.2, 0.25) is 5.91 Å². The molecule has 170 valence electrons. The molecule has 1 aliphatic carbocycles. The molecular formula is C23H30N6O3. The van der Waals surface area contributed by atoms with E-state index in [1.165, 1.54) is 6.08 Å². The molecule has 9 nitrogen and oxygen atoms in total. The number of rotatable bonds is 8. The summed E-state index contributed by atoms with van der Waals surface area (Å²) in [4.78, 5) is 44.8. The van der Waals surface area contributed by atoms with Crippen LogP contribution in [0.1, 0.15) is 37.7 Å². The van der Waals surface area contributed by atoms with Crippen LogP contribution in [0.2, 0.25) is 0 Å². The highest BCUT2D eigenvalue weighted by molar-refractivity contribution is 5.99. The van der Waals surface area contributed by atoms with E-state index < -0.39 is 0 Å². The van der Waals surface area contributed by atoms with Crippen LogP contribution in [0.4, 0.5) is 0 Å². The van der Waals surface area contributed by atoms with E-state index in [4.69, 9.17) is 11.5 Å². The average Bonchev–Trinajstić information content (AvgIpc) is 3.64. The number of amides is 2. The summed E-state index contributed by atoms with van der Waals surface area (Å²) < 4.78 is 0. The number of carbonyl (C=O) groups excluding carboxylic acids is 3. The average molecular weight is 439 g/mol. The number of allylic oxidation sites excluding steroid dienone is 3. The monoisotopic (exact) mass is 438 g/mol. The van der Waals surface area contributed by atoms with E-state index in [-0.39, 0.29) is 30.2 Å². The van der Waals surface area contributed by atoms with Crippen molar-refractivity contribution in [2.24, 2.45) is 11.5 Å². The zero-order valence-corrected chi connectivity index (χ0v) is 18.3. The summed E-state index contributed by atoms with van der Waals surface area (Å²) in [5.74, 6) is -0.460.